The van der Waals surface area contributed by atoms with Gasteiger partial charge in [0.1, 0.15) is 11.8 Å². The SMILES string of the molecule is CNCCC(O)C(O)c1ccc(NC)c([N+](=O)[O-])c1. The molecule has 0 aliphatic rings. The second-order valence-corrected chi connectivity index (χ2v) is 4.19. The molecule has 7 nitrogen and oxygen atoms in total. The first kappa shape index (κ1) is 15.4. The van der Waals surface area contributed by atoms with Crippen LogP contribution in [0.2, 0.25) is 0 Å². The van der Waals surface area contributed by atoms with Gasteiger partial charge >= 0.3 is 0 Å². The maximum Gasteiger partial charge on any atom is 0.292 e. The van der Waals surface area contributed by atoms with E-state index in [2.05, 4.69) is 10.6 Å². The average Bonchev–Trinajstić information content (AvgIpc) is 2.42. The third kappa shape index (κ3) is 3.88. The highest BCUT2D eigenvalue weighted by molar-refractivity contribution is 5.62. The fourth-order valence-corrected chi connectivity index (χ4v) is 1.77. The molecule has 1 rings (SSSR count). The summed E-state index contributed by atoms with van der Waals surface area (Å²) in [4.78, 5) is 10.4. The van der Waals surface area contributed by atoms with E-state index >= 15 is 0 Å². The lowest BCUT2D eigenvalue weighted by Crippen LogP contribution is -2.23. The topological polar surface area (TPSA) is 108 Å². The van der Waals surface area contributed by atoms with E-state index in [1.807, 2.05) is 0 Å². The van der Waals surface area contributed by atoms with Crippen LogP contribution in [0.1, 0.15) is 18.1 Å². The summed E-state index contributed by atoms with van der Waals surface area (Å²) in [6.07, 6.45) is -1.75. The number of nitrogens with zero attached hydrogens (tertiary/aromatic N) is 1. The lowest BCUT2D eigenvalue weighted by atomic mass is 10.0. The molecule has 0 spiro atoms. The lowest BCUT2D eigenvalue weighted by Gasteiger charge is -2.18. The zero-order chi connectivity index (χ0) is 14.4. The van der Waals surface area contributed by atoms with Crippen LogP contribution >= 0.6 is 0 Å². The van der Waals surface area contributed by atoms with Crippen LogP contribution in [-0.4, -0.2) is 41.9 Å². The molecule has 0 aliphatic heterocycles. The maximum atomic E-state index is 10.9. The molecule has 0 saturated carbocycles. The van der Waals surface area contributed by atoms with Gasteiger partial charge in [0.25, 0.3) is 5.69 Å². The third-order valence-electron chi connectivity index (χ3n) is 2.88. The maximum absolute atomic E-state index is 10.9. The van der Waals surface area contributed by atoms with Crippen molar-refractivity contribution < 1.29 is 15.1 Å². The van der Waals surface area contributed by atoms with Crippen molar-refractivity contribution in [1.82, 2.24) is 5.32 Å². The van der Waals surface area contributed by atoms with Gasteiger partial charge in [0.15, 0.2) is 0 Å². The molecule has 1 aromatic carbocycles. The summed E-state index contributed by atoms with van der Waals surface area (Å²) in [6.45, 7) is 0.551. The molecule has 0 saturated heterocycles. The number of anilines is 1. The van der Waals surface area contributed by atoms with Crippen LogP contribution in [0.5, 0.6) is 0 Å². The van der Waals surface area contributed by atoms with Gasteiger partial charge in [-0.05, 0) is 31.6 Å². The summed E-state index contributed by atoms with van der Waals surface area (Å²) >= 11 is 0. The number of nitrogens with one attached hydrogen (secondary N) is 2. The fraction of sp³-hybridized carbons (Fsp3) is 0.500. The predicted octanol–water partition coefficient (Wildman–Crippen LogP) is 0.640. The highest BCUT2D eigenvalue weighted by Crippen LogP contribution is 2.29. The summed E-state index contributed by atoms with van der Waals surface area (Å²) in [5, 5.41) is 36.2. The van der Waals surface area contributed by atoms with E-state index in [4.69, 9.17) is 0 Å². The summed E-state index contributed by atoms with van der Waals surface area (Å²) in [5.41, 5.74) is 0.569. The minimum absolute atomic E-state index is 0.125. The van der Waals surface area contributed by atoms with E-state index in [0.29, 0.717) is 24.2 Å². The summed E-state index contributed by atoms with van der Waals surface area (Å²) in [7, 11) is 3.33. The number of hydrogen-bond donors (Lipinski definition) is 4. The predicted molar refractivity (Wildman–Crippen MR) is 72.2 cm³/mol. The van der Waals surface area contributed by atoms with Gasteiger partial charge in [-0.25, -0.2) is 0 Å². The molecule has 0 aliphatic carbocycles. The highest BCUT2D eigenvalue weighted by atomic mass is 16.6. The van der Waals surface area contributed by atoms with Crippen molar-refractivity contribution in [3.8, 4) is 0 Å². The Balaban J connectivity index is 2.94. The van der Waals surface area contributed by atoms with Gasteiger partial charge in [0.2, 0.25) is 0 Å². The summed E-state index contributed by atoms with van der Waals surface area (Å²) in [6, 6.07) is 4.35. The Kier molecular flexibility index (Phi) is 5.68. The number of hydrogen-bond acceptors (Lipinski definition) is 6. The molecule has 4 N–H and O–H groups in total. The number of rotatable bonds is 7. The minimum Gasteiger partial charge on any atom is -0.390 e. The quantitative estimate of drug-likeness (QED) is 0.427. The van der Waals surface area contributed by atoms with E-state index < -0.39 is 17.1 Å². The normalized spacial score (nSPS) is 13.9. The van der Waals surface area contributed by atoms with Gasteiger partial charge in [0, 0.05) is 13.1 Å². The van der Waals surface area contributed by atoms with Crippen molar-refractivity contribution in [3.63, 3.8) is 0 Å². The molecule has 0 radical (unpaired) electrons. The van der Waals surface area contributed by atoms with E-state index in [1.54, 1.807) is 20.2 Å². The lowest BCUT2D eigenvalue weighted by molar-refractivity contribution is -0.384. The molecule has 0 heterocycles. The van der Waals surface area contributed by atoms with Crippen molar-refractivity contribution in [2.45, 2.75) is 18.6 Å². The number of nitro benzene ring substituents is 1. The van der Waals surface area contributed by atoms with Gasteiger partial charge in [-0.1, -0.05) is 6.07 Å². The number of benzene rings is 1. The first-order valence-corrected chi connectivity index (χ1v) is 5.98. The Bertz CT molecular complexity index is 439. The molecule has 0 amide bonds. The summed E-state index contributed by atoms with van der Waals surface area (Å²) in [5.74, 6) is 0. The Labute approximate surface area is 111 Å². The zero-order valence-electron chi connectivity index (χ0n) is 11.0. The van der Waals surface area contributed by atoms with E-state index in [9.17, 15) is 20.3 Å². The zero-order valence-corrected chi connectivity index (χ0v) is 11.0. The van der Waals surface area contributed by atoms with Gasteiger partial charge in [-0.2, -0.15) is 0 Å². The van der Waals surface area contributed by atoms with Gasteiger partial charge in [-0.3, -0.25) is 10.1 Å². The molecule has 19 heavy (non-hydrogen) atoms. The first-order chi connectivity index (χ1) is 9.01. The molecule has 106 valence electrons. The van der Waals surface area contributed by atoms with Gasteiger partial charge in [0.05, 0.1) is 11.0 Å². The second kappa shape index (κ2) is 7.03. The van der Waals surface area contributed by atoms with Crippen molar-refractivity contribution in [1.29, 1.82) is 0 Å². The molecule has 2 atom stereocenters. The van der Waals surface area contributed by atoms with Crippen LogP contribution in [0.25, 0.3) is 0 Å². The van der Waals surface area contributed by atoms with Crippen LogP contribution in [0, 0.1) is 10.1 Å². The number of aliphatic hydroxyl groups is 2. The van der Waals surface area contributed by atoms with Crippen molar-refractivity contribution in [3.05, 3.63) is 33.9 Å². The van der Waals surface area contributed by atoms with Crippen molar-refractivity contribution in [2.24, 2.45) is 0 Å². The average molecular weight is 269 g/mol. The molecule has 1 aromatic rings. The molecule has 0 aromatic heterocycles. The first-order valence-electron chi connectivity index (χ1n) is 5.98. The Morgan fingerprint density at radius 1 is 1.37 bits per heavy atom. The van der Waals surface area contributed by atoms with E-state index in [-0.39, 0.29) is 5.69 Å². The molecule has 7 heteroatoms. The largest absolute Gasteiger partial charge is 0.390 e. The molecule has 0 bridgehead atoms. The van der Waals surface area contributed by atoms with Crippen LogP contribution < -0.4 is 10.6 Å². The van der Waals surface area contributed by atoms with Gasteiger partial charge in [-0.15, -0.1) is 0 Å². The van der Waals surface area contributed by atoms with Crippen LogP contribution in [0.4, 0.5) is 11.4 Å². The van der Waals surface area contributed by atoms with Crippen LogP contribution in [-0.2, 0) is 0 Å². The van der Waals surface area contributed by atoms with Crippen molar-refractivity contribution in [2.75, 3.05) is 26.0 Å². The standard InChI is InChI=1S/C12H19N3O4/c1-13-6-5-11(16)12(17)8-3-4-9(14-2)10(7-8)15(18)19/h3-4,7,11-14,16-17H,5-6H2,1-2H3. The summed E-state index contributed by atoms with van der Waals surface area (Å²) < 4.78 is 0. The highest BCUT2D eigenvalue weighted by Gasteiger charge is 2.22. The molecular formula is C12H19N3O4. The molecule has 2 unspecified atom stereocenters. The fourth-order valence-electron chi connectivity index (χ4n) is 1.77. The third-order valence-corrected chi connectivity index (χ3v) is 2.88. The Morgan fingerprint density at radius 2 is 2.05 bits per heavy atom. The second-order valence-electron chi connectivity index (χ2n) is 4.19. The van der Waals surface area contributed by atoms with Crippen LogP contribution in [0.15, 0.2) is 18.2 Å². The number of nitro groups is 1. The number of aliphatic hydroxyl groups excluding tert-OH is 2. The monoisotopic (exact) mass is 269 g/mol. The van der Waals surface area contributed by atoms with Gasteiger partial charge < -0.3 is 20.8 Å². The van der Waals surface area contributed by atoms with Crippen molar-refractivity contribution >= 4 is 11.4 Å². The Hall–Kier alpha value is -1.70. The van der Waals surface area contributed by atoms with Crippen LogP contribution in [0.3, 0.4) is 0 Å². The molecule has 0 fully saturated rings. The van der Waals surface area contributed by atoms with E-state index in [1.165, 1.54) is 12.1 Å². The van der Waals surface area contributed by atoms with E-state index in [0.717, 1.165) is 0 Å². The molecular weight excluding hydrogens is 250 g/mol. The smallest absolute Gasteiger partial charge is 0.292 e. The minimum atomic E-state index is -1.14. The Morgan fingerprint density at radius 3 is 2.58 bits per heavy atom.